The lowest BCUT2D eigenvalue weighted by atomic mass is 10.1. The van der Waals surface area contributed by atoms with Crippen molar-refractivity contribution in [2.75, 3.05) is 17.3 Å². The van der Waals surface area contributed by atoms with Crippen LogP contribution in [0, 0.1) is 0 Å². The van der Waals surface area contributed by atoms with Crippen LogP contribution in [0.1, 0.15) is 24.4 Å². The van der Waals surface area contributed by atoms with Gasteiger partial charge in [-0.05, 0) is 24.6 Å². The number of carbonyl (C=O) groups excluding carboxylic acids is 2. The van der Waals surface area contributed by atoms with Crippen LogP contribution in [0.2, 0.25) is 0 Å². The van der Waals surface area contributed by atoms with Crippen molar-refractivity contribution in [3.8, 4) is 5.75 Å². The van der Waals surface area contributed by atoms with Crippen LogP contribution >= 0.6 is 11.8 Å². The van der Waals surface area contributed by atoms with Gasteiger partial charge < -0.3 is 14.6 Å². The molecule has 160 valence electrons. The zero-order valence-corrected chi connectivity index (χ0v) is 18.1. The van der Waals surface area contributed by atoms with Gasteiger partial charge in [-0.2, -0.15) is 0 Å². The van der Waals surface area contributed by atoms with Gasteiger partial charge in [-0.1, -0.05) is 54.2 Å². The van der Waals surface area contributed by atoms with E-state index in [1.165, 1.54) is 11.8 Å². The van der Waals surface area contributed by atoms with E-state index < -0.39 is 0 Å². The molecular weight excluding hydrogens is 414 g/mol. The number of nitrogens with zero attached hydrogens (tertiary/aromatic N) is 4. The molecule has 0 bridgehead atoms. The van der Waals surface area contributed by atoms with Gasteiger partial charge in [-0.3, -0.25) is 14.5 Å². The lowest BCUT2D eigenvalue weighted by Gasteiger charge is -2.33. The number of rotatable bonds is 7. The van der Waals surface area contributed by atoms with Crippen molar-refractivity contribution < 1.29 is 14.3 Å². The summed E-state index contributed by atoms with van der Waals surface area (Å²) in [6.07, 6.45) is 0. The standard InChI is InChI=1S/C22H23N5O3S/c1-15(27-17-10-6-7-11-18(17)30-13-20(27)29)21-24-25-22(26(21)2)31-14-19(28)23-12-16-8-4-3-5-9-16/h3-11,15H,12-14H2,1-2H3,(H,23,28)/t15-/m1/s1. The first kappa shape index (κ1) is 20.9. The Hall–Kier alpha value is -3.33. The van der Waals surface area contributed by atoms with Crippen LogP contribution in [0.15, 0.2) is 59.8 Å². The van der Waals surface area contributed by atoms with Crippen LogP contribution in [0.3, 0.4) is 0 Å². The predicted octanol–water partition coefficient (Wildman–Crippen LogP) is 2.71. The number of aromatic nitrogens is 3. The number of benzene rings is 2. The lowest BCUT2D eigenvalue weighted by Crippen LogP contribution is -2.41. The van der Waals surface area contributed by atoms with Crippen molar-refractivity contribution in [3.63, 3.8) is 0 Å². The molecule has 0 saturated heterocycles. The number of thioether (sulfide) groups is 1. The molecule has 2 heterocycles. The molecule has 4 rings (SSSR count). The fourth-order valence-electron chi connectivity index (χ4n) is 3.45. The molecule has 8 nitrogen and oxygen atoms in total. The topological polar surface area (TPSA) is 89.4 Å². The number of fused-ring (bicyclic) bond motifs is 1. The SMILES string of the molecule is C[C@H](c1nnc(SCC(=O)NCc2ccccc2)n1C)N1C(=O)COc2ccccc21. The number of para-hydroxylation sites is 2. The van der Waals surface area contributed by atoms with Crippen LogP contribution in [-0.2, 0) is 23.2 Å². The summed E-state index contributed by atoms with van der Waals surface area (Å²) >= 11 is 1.31. The monoisotopic (exact) mass is 437 g/mol. The highest BCUT2D eigenvalue weighted by Crippen LogP contribution is 2.37. The Bertz CT molecular complexity index is 1090. The highest BCUT2D eigenvalue weighted by molar-refractivity contribution is 7.99. The van der Waals surface area contributed by atoms with Crippen LogP contribution < -0.4 is 15.0 Å². The summed E-state index contributed by atoms with van der Waals surface area (Å²) in [4.78, 5) is 26.5. The highest BCUT2D eigenvalue weighted by atomic mass is 32.2. The summed E-state index contributed by atoms with van der Waals surface area (Å²) < 4.78 is 7.35. The Morgan fingerprint density at radius 1 is 1.16 bits per heavy atom. The molecule has 0 aliphatic carbocycles. The van der Waals surface area contributed by atoms with Gasteiger partial charge in [0.15, 0.2) is 17.6 Å². The zero-order chi connectivity index (χ0) is 21.8. The molecule has 1 N–H and O–H groups in total. The maximum atomic E-state index is 12.6. The number of hydrogen-bond donors (Lipinski definition) is 1. The molecule has 2 amide bonds. The van der Waals surface area contributed by atoms with Crippen molar-refractivity contribution in [1.29, 1.82) is 0 Å². The summed E-state index contributed by atoms with van der Waals surface area (Å²) in [7, 11) is 1.84. The smallest absolute Gasteiger partial charge is 0.265 e. The second-order valence-corrected chi connectivity index (χ2v) is 8.09. The minimum atomic E-state index is -0.337. The maximum absolute atomic E-state index is 12.6. The summed E-state index contributed by atoms with van der Waals surface area (Å²) in [6, 6.07) is 16.9. The molecule has 9 heteroatoms. The number of anilines is 1. The normalized spacial score (nSPS) is 14.0. The third kappa shape index (κ3) is 4.56. The highest BCUT2D eigenvalue weighted by Gasteiger charge is 2.32. The van der Waals surface area contributed by atoms with Crippen molar-refractivity contribution in [3.05, 3.63) is 66.0 Å². The van der Waals surface area contributed by atoms with Crippen molar-refractivity contribution in [1.82, 2.24) is 20.1 Å². The summed E-state index contributed by atoms with van der Waals surface area (Å²) in [5.41, 5.74) is 1.76. The van der Waals surface area contributed by atoms with E-state index >= 15 is 0 Å². The molecular formula is C22H23N5O3S. The molecule has 0 fully saturated rings. The molecule has 1 aromatic heterocycles. The molecule has 0 saturated carbocycles. The fourth-order valence-corrected chi connectivity index (χ4v) is 4.20. The number of hydrogen-bond acceptors (Lipinski definition) is 6. The fraction of sp³-hybridized carbons (Fsp3) is 0.273. The third-order valence-electron chi connectivity index (χ3n) is 5.04. The Kier molecular flexibility index (Phi) is 6.22. The molecule has 0 radical (unpaired) electrons. The minimum Gasteiger partial charge on any atom is -0.482 e. The average Bonchev–Trinajstić information content (AvgIpc) is 3.16. The van der Waals surface area contributed by atoms with E-state index in [9.17, 15) is 9.59 Å². The maximum Gasteiger partial charge on any atom is 0.265 e. The van der Waals surface area contributed by atoms with E-state index in [1.807, 2.05) is 73.1 Å². The first-order chi connectivity index (χ1) is 15.0. The van der Waals surface area contributed by atoms with Gasteiger partial charge in [0.25, 0.3) is 5.91 Å². The van der Waals surface area contributed by atoms with Crippen LogP contribution in [0.4, 0.5) is 5.69 Å². The van der Waals surface area contributed by atoms with Crippen molar-refractivity contribution in [2.24, 2.45) is 7.05 Å². The molecule has 0 unspecified atom stereocenters. The molecule has 2 aromatic carbocycles. The molecule has 1 atom stereocenters. The second-order valence-electron chi connectivity index (χ2n) is 7.15. The molecule has 1 aliphatic rings. The molecule has 0 spiro atoms. The van der Waals surface area contributed by atoms with Gasteiger partial charge in [-0.25, -0.2) is 0 Å². The first-order valence-electron chi connectivity index (χ1n) is 9.91. The van der Waals surface area contributed by atoms with Gasteiger partial charge >= 0.3 is 0 Å². The summed E-state index contributed by atoms with van der Waals surface area (Å²) in [5, 5.41) is 12.0. The van der Waals surface area contributed by atoms with Crippen molar-refractivity contribution >= 4 is 29.3 Å². The number of nitrogens with one attached hydrogen (secondary N) is 1. The zero-order valence-electron chi connectivity index (χ0n) is 17.3. The quantitative estimate of drug-likeness (QED) is 0.572. The number of amides is 2. The Balaban J connectivity index is 1.41. The minimum absolute atomic E-state index is 0.0115. The number of ether oxygens (including phenoxy) is 1. The second kappa shape index (κ2) is 9.22. The molecule has 1 aliphatic heterocycles. The van der Waals surface area contributed by atoms with E-state index in [1.54, 1.807) is 4.90 Å². The number of carbonyl (C=O) groups is 2. The van der Waals surface area contributed by atoms with Gasteiger partial charge in [0.2, 0.25) is 5.91 Å². The van der Waals surface area contributed by atoms with Gasteiger partial charge in [0.05, 0.1) is 17.5 Å². The van der Waals surface area contributed by atoms with E-state index in [0.717, 1.165) is 5.56 Å². The van der Waals surface area contributed by atoms with E-state index in [0.29, 0.717) is 29.0 Å². The van der Waals surface area contributed by atoms with Crippen LogP contribution in [-0.4, -0.2) is 38.9 Å². The predicted molar refractivity (Wildman–Crippen MR) is 118 cm³/mol. The van der Waals surface area contributed by atoms with Gasteiger partial charge in [0.1, 0.15) is 5.75 Å². The van der Waals surface area contributed by atoms with E-state index in [-0.39, 0.29) is 30.2 Å². The molecule has 3 aromatic rings. The van der Waals surface area contributed by atoms with Crippen LogP contribution in [0.25, 0.3) is 0 Å². The Morgan fingerprint density at radius 3 is 2.71 bits per heavy atom. The Morgan fingerprint density at radius 2 is 1.90 bits per heavy atom. The van der Waals surface area contributed by atoms with Crippen molar-refractivity contribution in [2.45, 2.75) is 24.7 Å². The summed E-state index contributed by atoms with van der Waals surface area (Å²) in [5.74, 6) is 1.32. The van der Waals surface area contributed by atoms with Crippen LogP contribution in [0.5, 0.6) is 5.75 Å². The van der Waals surface area contributed by atoms with E-state index in [2.05, 4.69) is 15.5 Å². The third-order valence-corrected chi connectivity index (χ3v) is 6.06. The average molecular weight is 438 g/mol. The first-order valence-corrected chi connectivity index (χ1v) is 10.9. The van der Waals surface area contributed by atoms with Gasteiger partial charge in [-0.15, -0.1) is 10.2 Å². The lowest BCUT2D eigenvalue weighted by molar-refractivity contribution is -0.122. The Labute approximate surface area is 184 Å². The largest absolute Gasteiger partial charge is 0.482 e. The summed E-state index contributed by atoms with van der Waals surface area (Å²) in [6.45, 7) is 2.38. The molecule has 31 heavy (non-hydrogen) atoms. The van der Waals surface area contributed by atoms with Gasteiger partial charge in [0, 0.05) is 13.6 Å². The van der Waals surface area contributed by atoms with E-state index in [4.69, 9.17) is 4.74 Å².